The SMILES string of the molecule is COc1ccc(OC)c(C(CN)N(CC(C)C)C(C)C)c1. The molecule has 21 heavy (non-hydrogen) atoms. The predicted octanol–water partition coefficient (Wildman–Crippen LogP) is 3.07. The van der Waals surface area contributed by atoms with Crippen LogP contribution in [0.3, 0.4) is 0 Å². The fourth-order valence-electron chi connectivity index (χ4n) is 2.66. The summed E-state index contributed by atoms with van der Waals surface area (Å²) in [6.07, 6.45) is 0. The number of methoxy groups -OCH3 is 2. The molecule has 0 heterocycles. The van der Waals surface area contributed by atoms with Gasteiger partial charge in [-0.25, -0.2) is 0 Å². The van der Waals surface area contributed by atoms with Crippen LogP contribution in [0, 0.1) is 5.92 Å². The van der Waals surface area contributed by atoms with Gasteiger partial charge < -0.3 is 15.2 Å². The summed E-state index contributed by atoms with van der Waals surface area (Å²) in [5.41, 5.74) is 7.19. The van der Waals surface area contributed by atoms with Gasteiger partial charge in [0.25, 0.3) is 0 Å². The highest BCUT2D eigenvalue weighted by molar-refractivity contribution is 5.42. The third-order valence-electron chi connectivity index (χ3n) is 3.66. The van der Waals surface area contributed by atoms with Crippen molar-refractivity contribution in [3.05, 3.63) is 23.8 Å². The molecule has 0 aliphatic carbocycles. The Morgan fingerprint density at radius 1 is 1.10 bits per heavy atom. The predicted molar refractivity (Wildman–Crippen MR) is 88.0 cm³/mol. The summed E-state index contributed by atoms with van der Waals surface area (Å²) in [5, 5.41) is 0. The van der Waals surface area contributed by atoms with Crippen molar-refractivity contribution in [2.45, 2.75) is 39.8 Å². The van der Waals surface area contributed by atoms with Crippen molar-refractivity contribution >= 4 is 0 Å². The van der Waals surface area contributed by atoms with Crippen molar-refractivity contribution < 1.29 is 9.47 Å². The number of nitrogens with zero attached hydrogens (tertiary/aromatic N) is 1. The number of nitrogens with two attached hydrogens (primary N) is 1. The number of hydrogen-bond donors (Lipinski definition) is 1. The maximum atomic E-state index is 6.10. The Morgan fingerprint density at radius 3 is 2.19 bits per heavy atom. The second kappa shape index (κ2) is 8.25. The molecule has 120 valence electrons. The zero-order chi connectivity index (χ0) is 16.0. The van der Waals surface area contributed by atoms with Gasteiger partial charge in [0.15, 0.2) is 0 Å². The Bertz CT molecular complexity index is 433. The van der Waals surface area contributed by atoms with Crippen molar-refractivity contribution in [3.8, 4) is 11.5 Å². The average molecular weight is 294 g/mol. The van der Waals surface area contributed by atoms with Gasteiger partial charge in [0, 0.05) is 24.7 Å². The highest BCUT2D eigenvalue weighted by Crippen LogP contribution is 2.33. The van der Waals surface area contributed by atoms with E-state index in [1.54, 1.807) is 14.2 Å². The van der Waals surface area contributed by atoms with Crippen molar-refractivity contribution in [1.82, 2.24) is 4.90 Å². The largest absolute Gasteiger partial charge is 0.497 e. The molecule has 0 saturated heterocycles. The van der Waals surface area contributed by atoms with E-state index >= 15 is 0 Å². The quantitative estimate of drug-likeness (QED) is 0.800. The highest BCUT2D eigenvalue weighted by Gasteiger charge is 2.25. The Labute approximate surface area is 129 Å². The lowest BCUT2D eigenvalue weighted by atomic mass is 10.0. The molecular formula is C17H30N2O2. The summed E-state index contributed by atoms with van der Waals surface area (Å²) in [6, 6.07) is 6.43. The smallest absolute Gasteiger partial charge is 0.123 e. The highest BCUT2D eigenvalue weighted by atomic mass is 16.5. The summed E-state index contributed by atoms with van der Waals surface area (Å²) in [6.45, 7) is 10.4. The Kier molecular flexibility index (Phi) is 6.99. The van der Waals surface area contributed by atoms with Crippen molar-refractivity contribution in [2.75, 3.05) is 27.3 Å². The van der Waals surface area contributed by atoms with Crippen LogP contribution in [0.4, 0.5) is 0 Å². The molecule has 4 nitrogen and oxygen atoms in total. The van der Waals surface area contributed by atoms with Gasteiger partial charge in [-0.3, -0.25) is 4.90 Å². The molecule has 1 rings (SSSR count). The third kappa shape index (κ3) is 4.61. The van der Waals surface area contributed by atoms with E-state index in [1.165, 1.54) is 0 Å². The molecule has 0 radical (unpaired) electrons. The molecule has 0 amide bonds. The second-order valence-electron chi connectivity index (χ2n) is 6.04. The summed E-state index contributed by atoms with van der Waals surface area (Å²) >= 11 is 0. The first kappa shape index (κ1) is 17.8. The van der Waals surface area contributed by atoms with Crippen LogP contribution in [-0.4, -0.2) is 38.3 Å². The van der Waals surface area contributed by atoms with Crippen LogP contribution < -0.4 is 15.2 Å². The minimum atomic E-state index is 0.123. The van der Waals surface area contributed by atoms with E-state index in [0.717, 1.165) is 23.6 Å². The first-order valence-corrected chi connectivity index (χ1v) is 7.62. The van der Waals surface area contributed by atoms with Crippen LogP contribution in [0.15, 0.2) is 18.2 Å². The maximum absolute atomic E-state index is 6.10. The Hall–Kier alpha value is -1.26. The van der Waals surface area contributed by atoms with E-state index in [9.17, 15) is 0 Å². The molecule has 0 fully saturated rings. The monoisotopic (exact) mass is 294 g/mol. The number of ether oxygens (including phenoxy) is 2. The molecule has 0 aliphatic rings. The van der Waals surface area contributed by atoms with Gasteiger partial charge >= 0.3 is 0 Å². The van der Waals surface area contributed by atoms with Gasteiger partial charge in [0.1, 0.15) is 11.5 Å². The normalized spacial score (nSPS) is 13.0. The van der Waals surface area contributed by atoms with Gasteiger partial charge in [-0.2, -0.15) is 0 Å². The van der Waals surface area contributed by atoms with E-state index in [4.69, 9.17) is 15.2 Å². The van der Waals surface area contributed by atoms with Crippen molar-refractivity contribution in [1.29, 1.82) is 0 Å². The fourth-order valence-corrected chi connectivity index (χ4v) is 2.66. The van der Waals surface area contributed by atoms with E-state index < -0.39 is 0 Å². The van der Waals surface area contributed by atoms with Crippen LogP contribution in [0.25, 0.3) is 0 Å². The Morgan fingerprint density at radius 2 is 1.76 bits per heavy atom. The molecule has 0 saturated carbocycles. The number of benzene rings is 1. The maximum Gasteiger partial charge on any atom is 0.123 e. The fraction of sp³-hybridized carbons (Fsp3) is 0.647. The van der Waals surface area contributed by atoms with Gasteiger partial charge in [-0.1, -0.05) is 13.8 Å². The molecule has 0 bridgehead atoms. The third-order valence-corrected chi connectivity index (χ3v) is 3.66. The zero-order valence-electron chi connectivity index (χ0n) is 14.2. The van der Waals surface area contributed by atoms with Crippen LogP contribution in [0.1, 0.15) is 39.3 Å². The molecule has 1 aromatic rings. The first-order valence-electron chi connectivity index (χ1n) is 7.62. The van der Waals surface area contributed by atoms with Crippen molar-refractivity contribution in [2.24, 2.45) is 11.7 Å². The lowest BCUT2D eigenvalue weighted by Crippen LogP contribution is -2.41. The van der Waals surface area contributed by atoms with Gasteiger partial charge in [0.05, 0.1) is 20.3 Å². The van der Waals surface area contributed by atoms with Crippen LogP contribution >= 0.6 is 0 Å². The minimum Gasteiger partial charge on any atom is -0.497 e. The van der Waals surface area contributed by atoms with Crippen LogP contribution in [0.2, 0.25) is 0 Å². The van der Waals surface area contributed by atoms with E-state index in [-0.39, 0.29) is 6.04 Å². The average Bonchev–Trinajstić information content (AvgIpc) is 2.46. The molecule has 1 aromatic carbocycles. The van der Waals surface area contributed by atoms with Gasteiger partial charge in [-0.15, -0.1) is 0 Å². The molecule has 0 aromatic heterocycles. The van der Waals surface area contributed by atoms with E-state index in [1.807, 2.05) is 18.2 Å². The summed E-state index contributed by atoms with van der Waals surface area (Å²) in [5.74, 6) is 2.27. The molecule has 0 spiro atoms. The molecule has 1 unspecified atom stereocenters. The number of rotatable bonds is 8. The molecule has 2 N–H and O–H groups in total. The standard InChI is InChI=1S/C17H30N2O2/c1-12(2)11-19(13(3)4)16(10-18)15-9-14(20-5)7-8-17(15)21-6/h7-9,12-13,16H,10-11,18H2,1-6H3. The van der Waals surface area contributed by atoms with Gasteiger partial charge in [0.2, 0.25) is 0 Å². The molecule has 4 heteroatoms. The van der Waals surface area contributed by atoms with Crippen LogP contribution in [-0.2, 0) is 0 Å². The summed E-state index contributed by atoms with van der Waals surface area (Å²) in [4.78, 5) is 2.43. The molecule has 1 atom stereocenters. The molecular weight excluding hydrogens is 264 g/mol. The van der Waals surface area contributed by atoms with E-state index in [0.29, 0.717) is 18.5 Å². The van der Waals surface area contributed by atoms with Crippen molar-refractivity contribution in [3.63, 3.8) is 0 Å². The second-order valence-corrected chi connectivity index (χ2v) is 6.04. The molecule has 0 aliphatic heterocycles. The zero-order valence-corrected chi connectivity index (χ0v) is 14.2. The summed E-state index contributed by atoms with van der Waals surface area (Å²) < 4.78 is 10.9. The van der Waals surface area contributed by atoms with E-state index in [2.05, 4.69) is 32.6 Å². The Balaban J connectivity index is 3.22. The lowest BCUT2D eigenvalue weighted by Gasteiger charge is -2.36. The summed E-state index contributed by atoms with van der Waals surface area (Å²) in [7, 11) is 3.37. The lowest BCUT2D eigenvalue weighted by molar-refractivity contribution is 0.136. The van der Waals surface area contributed by atoms with Crippen LogP contribution in [0.5, 0.6) is 11.5 Å². The number of hydrogen-bond acceptors (Lipinski definition) is 4. The first-order chi connectivity index (χ1) is 9.94. The topological polar surface area (TPSA) is 47.7 Å². The van der Waals surface area contributed by atoms with Gasteiger partial charge in [-0.05, 0) is 38.0 Å². The minimum absolute atomic E-state index is 0.123.